The molecule has 0 bridgehead atoms. The second-order valence-corrected chi connectivity index (χ2v) is 4.46. The van der Waals surface area contributed by atoms with Crippen molar-refractivity contribution in [1.82, 2.24) is 15.3 Å². The zero-order chi connectivity index (χ0) is 14.9. The highest BCUT2D eigenvalue weighted by atomic mass is 16.3. The second-order valence-electron chi connectivity index (χ2n) is 4.46. The molecule has 2 aromatic rings. The lowest BCUT2D eigenvalue weighted by Crippen LogP contribution is -2.42. The number of nitriles is 1. The number of pyridine rings is 2. The molecule has 3 heterocycles. The van der Waals surface area contributed by atoms with Gasteiger partial charge in [0, 0.05) is 12.4 Å². The largest absolute Gasteiger partial charge is 0.362 e. The summed E-state index contributed by atoms with van der Waals surface area (Å²) >= 11 is 0. The second kappa shape index (κ2) is 4.81. The van der Waals surface area contributed by atoms with Crippen LogP contribution in [0.1, 0.15) is 11.4 Å². The fourth-order valence-electron chi connectivity index (χ4n) is 2.28. The quantitative estimate of drug-likeness (QED) is 0.843. The van der Waals surface area contributed by atoms with Gasteiger partial charge in [-0.1, -0.05) is 12.1 Å². The van der Waals surface area contributed by atoms with Crippen LogP contribution >= 0.6 is 0 Å². The number of amides is 1. The summed E-state index contributed by atoms with van der Waals surface area (Å²) in [6, 6.07) is 11.8. The molecule has 3 rings (SSSR count). The molecule has 0 radical (unpaired) electrons. The minimum atomic E-state index is -1.86. The molecule has 1 aliphatic heterocycles. The number of hydrogen-bond acceptors (Lipinski definition) is 5. The summed E-state index contributed by atoms with van der Waals surface area (Å²) in [5.41, 5.74) is -1.33. The number of aromatic nitrogens is 2. The zero-order valence-electron chi connectivity index (χ0n) is 10.8. The molecular weight excluding hydrogens is 268 g/mol. The maximum Gasteiger partial charge on any atom is 0.265 e. The number of rotatable bonds is 2. The lowest BCUT2D eigenvalue weighted by Gasteiger charge is -2.25. The normalized spacial score (nSPS) is 21.0. The predicted molar refractivity (Wildman–Crippen MR) is 73.0 cm³/mol. The molecule has 1 amide bonds. The van der Waals surface area contributed by atoms with Gasteiger partial charge in [0.25, 0.3) is 5.91 Å². The number of nitrogens with one attached hydrogen (secondary N) is 1. The van der Waals surface area contributed by atoms with Gasteiger partial charge in [-0.15, -0.1) is 0 Å². The van der Waals surface area contributed by atoms with Gasteiger partial charge in [-0.2, -0.15) is 5.26 Å². The molecule has 0 saturated carbocycles. The Morgan fingerprint density at radius 3 is 2.43 bits per heavy atom. The minimum Gasteiger partial charge on any atom is -0.362 e. The molecule has 6 heteroatoms. The highest BCUT2D eigenvalue weighted by molar-refractivity contribution is 6.11. The first-order valence-electron chi connectivity index (χ1n) is 6.19. The third-order valence-electron chi connectivity index (χ3n) is 3.20. The fraction of sp³-hybridized carbons (Fsp3) is 0.0667. The highest BCUT2D eigenvalue weighted by Gasteiger charge is 2.47. The van der Waals surface area contributed by atoms with E-state index in [9.17, 15) is 15.2 Å². The molecule has 2 aromatic heterocycles. The van der Waals surface area contributed by atoms with E-state index in [2.05, 4.69) is 15.3 Å². The highest BCUT2D eigenvalue weighted by Crippen LogP contribution is 2.38. The van der Waals surface area contributed by atoms with E-state index in [0.717, 1.165) is 0 Å². The van der Waals surface area contributed by atoms with E-state index in [-0.39, 0.29) is 16.8 Å². The predicted octanol–water partition coefficient (Wildman–Crippen LogP) is 0.729. The standard InChI is InChI=1S/C15H10N4O2/c16-9-10-13(11-5-1-3-7-17-11)15(21,19-14(10)20)12-6-2-4-8-18-12/h1-8,21H,(H,19,20)/t15-/m1/s1. The first kappa shape index (κ1) is 13.0. The maximum absolute atomic E-state index is 12.0. The van der Waals surface area contributed by atoms with Gasteiger partial charge in [-0.3, -0.25) is 14.8 Å². The third-order valence-corrected chi connectivity index (χ3v) is 3.20. The van der Waals surface area contributed by atoms with Crippen LogP contribution < -0.4 is 5.32 Å². The number of nitrogens with zero attached hydrogens (tertiary/aromatic N) is 3. The Morgan fingerprint density at radius 2 is 1.86 bits per heavy atom. The summed E-state index contributed by atoms with van der Waals surface area (Å²) in [4.78, 5) is 20.2. The first-order valence-corrected chi connectivity index (χ1v) is 6.19. The molecule has 1 aliphatic rings. The smallest absolute Gasteiger partial charge is 0.265 e. The summed E-state index contributed by atoms with van der Waals surface area (Å²) in [6.45, 7) is 0. The van der Waals surface area contributed by atoms with Gasteiger partial charge in [0.1, 0.15) is 11.6 Å². The summed E-state index contributed by atoms with van der Waals surface area (Å²) in [6.07, 6.45) is 3.03. The molecule has 2 N–H and O–H groups in total. The molecule has 0 unspecified atom stereocenters. The van der Waals surface area contributed by atoms with Crippen LogP contribution in [-0.2, 0) is 10.5 Å². The zero-order valence-corrected chi connectivity index (χ0v) is 10.8. The van der Waals surface area contributed by atoms with Gasteiger partial charge in [0.15, 0.2) is 0 Å². The number of carbonyl (C=O) groups excluding carboxylic acids is 1. The average molecular weight is 278 g/mol. The van der Waals surface area contributed by atoms with Gasteiger partial charge < -0.3 is 10.4 Å². The van der Waals surface area contributed by atoms with Gasteiger partial charge in [0.05, 0.1) is 17.0 Å². The minimum absolute atomic E-state index is 0.120. The van der Waals surface area contributed by atoms with Crippen molar-refractivity contribution in [1.29, 1.82) is 5.26 Å². The van der Waals surface area contributed by atoms with E-state index in [4.69, 9.17) is 0 Å². The average Bonchev–Trinajstić information content (AvgIpc) is 2.80. The van der Waals surface area contributed by atoms with E-state index in [1.165, 1.54) is 12.4 Å². The van der Waals surface area contributed by atoms with Crippen molar-refractivity contribution in [2.24, 2.45) is 0 Å². The summed E-state index contributed by atoms with van der Waals surface area (Å²) in [7, 11) is 0. The first-order chi connectivity index (χ1) is 10.2. The Labute approximate surface area is 120 Å². The number of hydrogen-bond donors (Lipinski definition) is 2. The van der Waals surface area contributed by atoms with Crippen molar-refractivity contribution in [3.05, 3.63) is 65.8 Å². The Balaban J connectivity index is 2.26. The van der Waals surface area contributed by atoms with Crippen LogP contribution in [0.5, 0.6) is 0 Å². The van der Waals surface area contributed by atoms with Gasteiger partial charge in [-0.25, -0.2) is 0 Å². The van der Waals surface area contributed by atoms with Crippen LogP contribution in [0.3, 0.4) is 0 Å². The molecule has 21 heavy (non-hydrogen) atoms. The third kappa shape index (κ3) is 1.96. The van der Waals surface area contributed by atoms with Crippen molar-refractivity contribution < 1.29 is 9.90 Å². The van der Waals surface area contributed by atoms with E-state index in [1.54, 1.807) is 36.4 Å². The van der Waals surface area contributed by atoms with Crippen LogP contribution in [-0.4, -0.2) is 21.0 Å². The Bertz CT molecular complexity index is 765. The van der Waals surface area contributed by atoms with E-state index < -0.39 is 11.6 Å². The number of carbonyl (C=O) groups is 1. The molecule has 1 atom stereocenters. The lowest BCUT2D eigenvalue weighted by molar-refractivity contribution is -0.120. The molecule has 0 fully saturated rings. The molecular formula is C15H10N4O2. The van der Waals surface area contributed by atoms with Crippen LogP contribution in [0, 0.1) is 11.3 Å². The molecule has 102 valence electrons. The van der Waals surface area contributed by atoms with Gasteiger partial charge >= 0.3 is 0 Å². The maximum atomic E-state index is 12.0. The Kier molecular flexibility index (Phi) is 2.97. The topological polar surface area (TPSA) is 98.9 Å². The molecule has 6 nitrogen and oxygen atoms in total. The van der Waals surface area contributed by atoms with Gasteiger partial charge in [0.2, 0.25) is 5.72 Å². The monoisotopic (exact) mass is 278 g/mol. The Morgan fingerprint density at radius 1 is 1.14 bits per heavy atom. The molecule has 0 aromatic carbocycles. The van der Waals surface area contributed by atoms with E-state index >= 15 is 0 Å². The SMILES string of the molecule is N#CC1=C(c2ccccn2)[C@](O)(c2ccccn2)NC1=O. The van der Waals surface area contributed by atoms with Crippen molar-refractivity contribution in [2.45, 2.75) is 5.72 Å². The van der Waals surface area contributed by atoms with Crippen LogP contribution in [0.15, 0.2) is 54.4 Å². The van der Waals surface area contributed by atoms with Crippen LogP contribution in [0.2, 0.25) is 0 Å². The van der Waals surface area contributed by atoms with Crippen LogP contribution in [0.25, 0.3) is 5.57 Å². The summed E-state index contributed by atoms with van der Waals surface area (Å²) < 4.78 is 0. The van der Waals surface area contributed by atoms with E-state index in [0.29, 0.717) is 5.69 Å². The Hall–Kier alpha value is -3.04. The lowest BCUT2D eigenvalue weighted by atomic mass is 9.95. The van der Waals surface area contributed by atoms with Crippen molar-refractivity contribution in [2.75, 3.05) is 0 Å². The summed E-state index contributed by atoms with van der Waals surface area (Å²) in [5, 5.41) is 22.5. The molecule has 0 spiro atoms. The van der Waals surface area contributed by atoms with Crippen molar-refractivity contribution in [3.8, 4) is 6.07 Å². The molecule has 0 saturated heterocycles. The van der Waals surface area contributed by atoms with Crippen molar-refractivity contribution in [3.63, 3.8) is 0 Å². The molecule has 0 aliphatic carbocycles. The van der Waals surface area contributed by atoms with Crippen LogP contribution in [0.4, 0.5) is 0 Å². The van der Waals surface area contributed by atoms with Gasteiger partial charge in [-0.05, 0) is 24.3 Å². The summed E-state index contributed by atoms with van der Waals surface area (Å²) in [5.74, 6) is -0.647. The van der Waals surface area contributed by atoms with Crippen molar-refractivity contribution >= 4 is 11.5 Å². The van der Waals surface area contributed by atoms with E-state index in [1.807, 2.05) is 6.07 Å². The number of aliphatic hydroxyl groups is 1. The fourth-order valence-corrected chi connectivity index (χ4v) is 2.28.